The van der Waals surface area contributed by atoms with Gasteiger partial charge in [0.1, 0.15) is 0 Å². The number of aromatic nitrogens is 3. The average molecular weight is 406 g/mol. The number of H-pyrrole nitrogens is 1. The summed E-state index contributed by atoms with van der Waals surface area (Å²) in [6.45, 7) is 3.49. The van der Waals surface area contributed by atoms with Crippen LogP contribution in [-0.4, -0.2) is 22.2 Å². The number of carbonyl (C=O) groups excluding carboxylic acids is 1. The van der Waals surface area contributed by atoms with Gasteiger partial charge in [0.15, 0.2) is 0 Å². The zero-order valence-corrected chi connectivity index (χ0v) is 17.2. The molecule has 0 saturated heterocycles. The molecule has 1 aliphatic heterocycles. The van der Waals surface area contributed by atoms with Crippen LogP contribution in [-0.2, 0) is 4.79 Å². The van der Waals surface area contributed by atoms with Crippen molar-refractivity contribution in [1.29, 1.82) is 0 Å². The third-order valence-corrected chi connectivity index (χ3v) is 5.46. The van der Waals surface area contributed by atoms with E-state index in [1.165, 1.54) is 18.7 Å². The van der Waals surface area contributed by atoms with E-state index in [0.29, 0.717) is 22.1 Å². The van der Waals surface area contributed by atoms with E-state index in [1.54, 1.807) is 9.58 Å². The molecule has 6 nitrogen and oxygen atoms in total. The van der Waals surface area contributed by atoms with Crippen LogP contribution in [0, 0.1) is 0 Å². The highest BCUT2D eigenvalue weighted by Crippen LogP contribution is 2.37. The maximum Gasteiger partial charge on any atom is 0.325 e. The minimum atomic E-state index is -0.536. The summed E-state index contributed by atoms with van der Waals surface area (Å²) in [5, 5.41) is 5.16. The van der Waals surface area contributed by atoms with Crippen LogP contribution >= 0.6 is 11.8 Å². The lowest BCUT2D eigenvalue weighted by atomic mass is 10.0. The lowest BCUT2D eigenvalue weighted by Gasteiger charge is -2.31. The van der Waals surface area contributed by atoms with Crippen LogP contribution in [0.5, 0.6) is 0 Å². The Balaban J connectivity index is 2.01. The van der Waals surface area contributed by atoms with Gasteiger partial charge >= 0.3 is 11.3 Å². The number of aromatic amines is 1. The molecule has 0 saturated carbocycles. The van der Waals surface area contributed by atoms with Crippen molar-refractivity contribution >= 4 is 29.4 Å². The Kier molecular flexibility index (Phi) is 5.07. The van der Waals surface area contributed by atoms with E-state index < -0.39 is 6.17 Å². The maximum absolute atomic E-state index is 13.0. The van der Waals surface area contributed by atoms with Crippen molar-refractivity contribution in [3.63, 3.8) is 0 Å². The lowest BCUT2D eigenvalue weighted by Crippen LogP contribution is -2.60. The zero-order chi connectivity index (χ0) is 20.5. The molecular weight excluding hydrogens is 384 g/mol. The molecule has 0 unspecified atom stereocenters. The van der Waals surface area contributed by atoms with Crippen LogP contribution in [0.4, 0.5) is 5.69 Å². The standard InChI is InChI=1S/C22H20N4O2S/c1-14(13-16-9-5-4-6-10-16)21-25(15(2)27)18-12-8-7-11-17(18)19-20(28)23-22(29-3)24-26(19)21/h4-13,21H,1-3H3/p+1/b14-13+/t21-/m1/s1. The van der Waals surface area contributed by atoms with Gasteiger partial charge in [0.2, 0.25) is 11.1 Å². The van der Waals surface area contributed by atoms with Gasteiger partial charge in [-0.2, -0.15) is 0 Å². The molecule has 1 aromatic heterocycles. The zero-order valence-electron chi connectivity index (χ0n) is 16.4. The normalized spacial score (nSPS) is 15.6. The van der Waals surface area contributed by atoms with Crippen molar-refractivity contribution < 1.29 is 9.48 Å². The van der Waals surface area contributed by atoms with Crippen LogP contribution in [0.15, 0.2) is 70.1 Å². The van der Waals surface area contributed by atoms with Crippen LogP contribution in [0.3, 0.4) is 0 Å². The second-order valence-corrected chi connectivity index (χ2v) is 7.63. The molecule has 146 valence electrons. The molecule has 1 aliphatic rings. The summed E-state index contributed by atoms with van der Waals surface area (Å²) in [6, 6.07) is 17.3. The molecule has 7 heteroatoms. The Bertz CT molecular complexity index is 1170. The lowest BCUT2D eigenvalue weighted by molar-refractivity contribution is -0.763. The van der Waals surface area contributed by atoms with Crippen LogP contribution in [0.2, 0.25) is 0 Å². The van der Waals surface area contributed by atoms with Gasteiger partial charge in [-0.15, -0.1) is 0 Å². The SMILES string of the molecule is CSc1n[n+]2c(c(=O)[nH]1)-c1ccccc1N(C(C)=O)[C@H]2/C(C)=C/c1ccccc1. The summed E-state index contributed by atoms with van der Waals surface area (Å²) in [5.74, 6) is -0.116. The molecule has 2 aromatic carbocycles. The number of thioether (sulfide) groups is 1. The number of hydrogen-bond donors (Lipinski definition) is 1. The van der Waals surface area contributed by atoms with Gasteiger partial charge < -0.3 is 0 Å². The first kappa shape index (κ1) is 19.1. The highest BCUT2D eigenvalue weighted by atomic mass is 32.2. The minimum Gasteiger partial charge on any atom is -0.291 e. The van der Waals surface area contributed by atoms with E-state index >= 15 is 0 Å². The first-order valence-corrected chi connectivity index (χ1v) is 10.5. The molecule has 4 rings (SSSR count). The van der Waals surface area contributed by atoms with E-state index in [9.17, 15) is 9.59 Å². The summed E-state index contributed by atoms with van der Waals surface area (Å²) < 4.78 is 1.67. The molecular formula is C22H21N4O2S+. The van der Waals surface area contributed by atoms with Crippen molar-refractivity contribution in [2.75, 3.05) is 11.2 Å². The largest absolute Gasteiger partial charge is 0.325 e. The predicted octanol–water partition coefficient (Wildman–Crippen LogP) is 3.41. The van der Waals surface area contributed by atoms with Crippen molar-refractivity contribution in [2.24, 2.45) is 0 Å². The fourth-order valence-electron chi connectivity index (χ4n) is 3.70. The van der Waals surface area contributed by atoms with E-state index in [4.69, 9.17) is 0 Å². The molecule has 0 bridgehead atoms. The van der Waals surface area contributed by atoms with Crippen molar-refractivity contribution in [2.45, 2.75) is 25.2 Å². The van der Waals surface area contributed by atoms with E-state index in [2.05, 4.69) is 10.1 Å². The number of carbonyl (C=O) groups is 1. The molecule has 1 N–H and O–H groups in total. The quantitative estimate of drug-likeness (QED) is 0.536. The van der Waals surface area contributed by atoms with Crippen LogP contribution in [0.1, 0.15) is 25.6 Å². The van der Waals surface area contributed by atoms with Crippen molar-refractivity contribution in [1.82, 2.24) is 10.1 Å². The first-order valence-electron chi connectivity index (χ1n) is 9.24. The number of rotatable bonds is 3. The molecule has 0 radical (unpaired) electrons. The van der Waals surface area contributed by atoms with Gasteiger partial charge in [-0.1, -0.05) is 54.2 Å². The highest BCUT2D eigenvalue weighted by Gasteiger charge is 2.44. The fourth-order valence-corrected chi connectivity index (χ4v) is 4.06. The average Bonchev–Trinajstić information content (AvgIpc) is 2.72. The number of nitrogens with one attached hydrogen (secondary N) is 1. The Morgan fingerprint density at radius 2 is 1.83 bits per heavy atom. The van der Waals surface area contributed by atoms with E-state index in [-0.39, 0.29) is 11.5 Å². The number of para-hydroxylation sites is 1. The van der Waals surface area contributed by atoms with Gasteiger partial charge in [0, 0.05) is 17.6 Å². The summed E-state index contributed by atoms with van der Waals surface area (Å²) >= 11 is 1.35. The molecule has 0 spiro atoms. The second-order valence-electron chi connectivity index (χ2n) is 6.84. The highest BCUT2D eigenvalue weighted by molar-refractivity contribution is 7.98. The summed E-state index contributed by atoms with van der Waals surface area (Å²) in [5.41, 5.74) is 3.53. The van der Waals surface area contributed by atoms with Gasteiger partial charge in [-0.25, -0.2) is 4.90 Å². The number of fused-ring (bicyclic) bond motifs is 3. The van der Waals surface area contributed by atoms with Gasteiger partial charge in [-0.3, -0.25) is 14.6 Å². The Morgan fingerprint density at radius 3 is 2.52 bits per heavy atom. The van der Waals surface area contributed by atoms with Crippen molar-refractivity contribution in [3.8, 4) is 11.3 Å². The van der Waals surface area contributed by atoms with E-state index in [1.807, 2.05) is 73.9 Å². The molecule has 2 heterocycles. The number of amides is 1. The van der Waals surface area contributed by atoms with Gasteiger partial charge in [-0.05, 0) is 41.6 Å². The van der Waals surface area contributed by atoms with Gasteiger partial charge in [0.05, 0.1) is 11.3 Å². The topological polar surface area (TPSA) is 69.9 Å². The number of nitrogens with zero attached hydrogens (tertiary/aromatic N) is 3. The fraction of sp³-hybridized carbons (Fsp3) is 0.182. The third kappa shape index (κ3) is 3.38. The number of benzene rings is 2. The maximum atomic E-state index is 13.0. The Hall–Kier alpha value is -3.19. The molecule has 0 aliphatic carbocycles. The second kappa shape index (κ2) is 7.67. The Morgan fingerprint density at radius 1 is 1.14 bits per heavy atom. The smallest absolute Gasteiger partial charge is 0.291 e. The van der Waals surface area contributed by atoms with Crippen molar-refractivity contribution in [3.05, 3.63) is 76.1 Å². The van der Waals surface area contributed by atoms with E-state index in [0.717, 1.165) is 11.1 Å². The number of anilines is 1. The van der Waals surface area contributed by atoms with Crippen LogP contribution in [0.25, 0.3) is 17.3 Å². The van der Waals surface area contributed by atoms with Crippen LogP contribution < -0.4 is 15.1 Å². The summed E-state index contributed by atoms with van der Waals surface area (Å²) in [6.07, 6.45) is 3.34. The van der Waals surface area contributed by atoms with Gasteiger partial charge in [0.25, 0.3) is 6.17 Å². The summed E-state index contributed by atoms with van der Waals surface area (Å²) in [4.78, 5) is 30.2. The minimum absolute atomic E-state index is 0.116. The molecule has 3 aromatic rings. The molecule has 0 fully saturated rings. The molecule has 29 heavy (non-hydrogen) atoms. The monoisotopic (exact) mass is 405 g/mol. The third-order valence-electron chi connectivity index (χ3n) is 4.89. The molecule has 1 amide bonds. The predicted molar refractivity (Wildman–Crippen MR) is 115 cm³/mol. The molecule has 1 atom stereocenters. The Labute approximate surface area is 172 Å². The first-order chi connectivity index (χ1) is 14.0. The summed E-state index contributed by atoms with van der Waals surface area (Å²) in [7, 11) is 0. The number of hydrogen-bond acceptors (Lipinski definition) is 4.